The Bertz CT molecular complexity index is 788. The third kappa shape index (κ3) is 4.89. The molecule has 25 heavy (non-hydrogen) atoms. The molecule has 0 radical (unpaired) electrons. The van der Waals surface area contributed by atoms with E-state index in [2.05, 4.69) is 5.10 Å². The predicted octanol–water partition coefficient (Wildman–Crippen LogP) is 1.85. The van der Waals surface area contributed by atoms with Crippen molar-refractivity contribution >= 4 is 22.5 Å². The molecule has 0 fully saturated rings. The van der Waals surface area contributed by atoms with Crippen molar-refractivity contribution in [3.05, 3.63) is 34.5 Å². The van der Waals surface area contributed by atoms with E-state index in [0.717, 1.165) is 4.90 Å². The summed E-state index contributed by atoms with van der Waals surface area (Å²) in [5.41, 5.74) is 0.125. The summed E-state index contributed by atoms with van der Waals surface area (Å²) in [6.45, 7) is -2.09. The van der Waals surface area contributed by atoms with Gasteiger partial charge in [-0.25, -0.2) is 0 Å². The maximum absolute atomic E-state index is 12.8. The topological polar surface area (TPSA) is 84.5 Å². The van der Waals surface area contributed by atoms with E-state index in [-0.39, 0.29) is 12.4 Å². The van der Waals surface area contributed by atoms with Crippen LogP contribution in [-0.2, 0) is 11.5 Å². The van der Waals surface area contributed by atoms with Crippen LogP contribution in [0.5, 0.6) is 0 Å². The average Bonchev–Trinajstić information content (AvgIpc) is 2.87. The molecule has 1 heterocycles. The first kappa shape index (κ1) is 18.6. The molecule has 136 valence electrons. The highest BCUT2D eigenvalue weighted by Gasteiger charge is 2.32. The van der Waals surface area contributed by atoms with Gasteiger partial charge >= 0.3 is 6.18 Å². The molecule has 0 atom stereocenters. The van der Waals surface area contributed by atoms with Gasteiger partial charge in [-0.3, -0.25) is 24.5 Å². The molecule has 8 nitrogen and oxygen atoms in total. The van der Waals surface area contributed by atoms with E-state index in [1.54, 1.807) is 0 Å². The Morgan fingerprint density at radius 3 is 2.60 bits per heavy atom. The fourth-order valence-electron chi connectivity index (χ4n) is 2.22. The normalized spacial score (nSPS) is 11.9. The quantitative estimate of drug-likeness (QED) is 0.581. The molecule has 2 rings (SSSR count). The summed E-state index contributed by atoms with van der Waals surface area (Å²) in [5, 5.41) is 15.4. The van der Waals surface area contributed by atoms with Gasteiger partial charge in [-0.05, 0) is 6.07 Å². The number of carbonyl (C=O) groups excluding carboxylic acids is 1. The summed E-state index contributed by atoms with van der Waals surface area (Å²) in [5.74, 6) is -0.494. The monoisotopic (exact) mass is 359 g/mol. The lowest BCUT2D eigenvalue weighted by Crippen LogP contribution is -2.42. The molecule has 0 spiro atoms. The zero-order chi connectivity index (χ0) is 18.8. The van der Waals surface area contributed by atoms with Gasteiger partial charge in [0, 0.05) is 31.6 Å². The molecule has 1 amide bonds. The van der Waals surface area contributed by atoms with Crippen LogP contribution in [0.3, 0.4) is 0 Å². The van der Waals surface area contributed by atoms with E-state index < -0.39 is 30.1 Å². The van der Waals surface area contributed by atoms with Crippen molar-refractivity contribution in [2.75, 3.05) is 27.2 Å². The number of likely N-dealkylation sites (N-methyl/N-ethyl adjacent to an activating group) is 1. The molecule has 1 aromatic carbocycles. The number of rotatable bonds is 6. The van der Waals surface area contributed by atoms with Crippen LogP contribution in [-0.4, -0.2) is 63.8 Å². The maximum Gasteiger partial charge on any atom is 0.401 e. The number of non-ortho nitro benzene ring substituents is 1. The molecule has 0 saturated heterocycles. The highest BCUT2D eigenvalue weighted by molar-refractivity contribution is 5.81. The third-order valence-electron chi connectivity index (χ3n) is 3.43. The van der Waals surface area contributed by atoms with Crippen LogP contribution in [0.1, 0.15) is 0 Å². The number of nitrogens with zero attached hydrogens (tertiary/aromatic N) is 5. The van der Waals surface area contributed by atoms with Crippen LogP contribution < -0.4 is 0 Å². The number of fused-ring (bicyclic) bond motifs is 1. The number of alkyl halides is 3. The minimum absolute atomic E-state index is 0.194. The predicted molar refractivity (Wildman–Crippen MR) is 82.7 cm³/mol. The molecule has 0 aliphatic carbocycles. The van der Waals surface area contributed by atoms with Crippen LogP contribution in [0.25, 0.3) is 10.9 Å². The van der Waals surface area contributed by atoms with Crippen molar-refractivity contribution in [1.29, 1.82) is 0 Å². The summed E-state index contributed by atoms with van der Waals surface area (Å²) >= 11 is 0. The van der Waals surface area contributed by atoms with E-state index in [0.29, 0.717) is 10.9 Å². The summed E-state index contributed by atoms with van der Waals surface area (Å²) in [7, 11) is 2.89. The van der Waals surface area contributed by atoms with Crippen molar-refractivity contribution in [2.45, 2.75) is 12.8 Å². The van der Waals surface area contributed by atoms with Gasteiger partial charge in [0.05, 0.1) is 36.4 Å². The van der Waals surface area contributed by atoms with E-state index in [1.807, 2.05) is 0 Å². The number of amides is 1. The van der Waals surface area contributed by atoms with Crippen molar-refractivity contribution < 1.29 is 22.9 Å². The van der Waals surface area contributed by atoms with E-state index in [1.165, 1.54) is 48.1 Å². The fourth-order valence-corrected chi connectivity index (χ4v) is 2.22. The molecule has 0 N–H and O–H groups in total. The first-order chi connectivity index (χ1) is 11.6. The summed E-state index contributed by atoms with van der Waals surface area (Å²) in [6, 6.07) is 4.00. The molecule has 0 unspecified atom stereocenters. The smallest absolute Gasteiger partial charge is 0.348 e. The lowest BCUT2D eigenvalue weighted by Gasteiger charge is -2.24. The standard InChI is InChI=1S/C14H16F3N5O3/c1-19(2)13(23)7-20(8-14(15,16)17)9-21-12-5-11(22(24)25)4-3-10(12)6-18-21/h3-6H,7-9H2,1-2H3. The van der Waals surface area contributed by atoms with Crippen molar-refractivity contribution in [2.24, 2.45) is 0 Å². The van der Waals surface area contributed by atoms with Gasteiger partial charge < -0.3 is 4.90 Å². The molecule has 2 aromatic rings. The van der Waals surface area contributed by atoms with Gasteiger partial charge in [0.1, 0.15) is 0 Å². The summed E-state index contributed by atoms with van der Waals surface area (Å²) in [4.78, 5) is 24.1. The molecule has 0 aliphatic heterocycles. The van der Waals surface area contributed by atoms with Gasteiger partial charge in [0.25, 0.3) is 5.69 Å². The number of nitro groups is 1. The Labute approximate surface area is 140 Å². The second kappa shape index (κ2) is 7.05. The van der Waals surface area contributed by atoms with Crippen LogP contribution >= 0.6 is 0 Å². The minimum Gasteiger partial charge on any atom is -0.348 e. The lowest BCUT2D eigenvalue weighted by atomic mass is 10.2. The number of benzene rings is 1. The molecule has 0 aliphatic rings. The molecule has 11 heteroatoms. The van der Waals surface area contributed by atoms with Crippen molar-refractivity contribution in [3.8, 4) is 0 Å². The second-order valence-corrected chi connectivity index (χ2v) is 5.68. The van der Waals surface area contributed by atoms with Crippen LogP contribution in [0, 0.1) is 10.1 Å². The van der Waals surface area contributed by atoms with Gasteiger partial charge in [-0.2, -0.15) is 18.3 Å². The third-order valence-corrected chi connectivity index (χ3v) is 3.43. The zero-order valence-corrected chi connectivity index (χ0v) is 13.5. The number of aromatic nitrogens is 2. The highest BCUT2D eigenvalue weighted by Crippen LogP contribution is 2.22. The van der Waals surface area contributed by atoms with E-state index >= 15 is 0 Å². The van der Waals surface area contributed by atoms with E-state index in [4.69, 9.17) is 0 Å². The van der Waals surface area contributed by atoms with Crippen LogP contribution in [0.15, 0.2) is 24.4 Å². The van der Waals surface area contributed by atoms with Crippen molar-refractivity contribution in [1.82, 2.24) is 19.6 Å². The average molecular weight is 359 g/mol. The fraction of sp³-hybridized carbons (Fsp3) is 0.429. The van der Waals surface area contributed by atoms with Gasteiger partial charge in [0.2, 0.25) is 5.91 Å². The summed E-state index contributed by atoms with van der Waals surface area (Å²) < 4.78 is 39.6. The second-order valence-electron chi connectivity index (χ2n) is 5.68. The molecule has 0 saturated carbocycles. The molecular weight excluding hydrogens is 343 g/mol. The number of hydrogen-bond acceptors (Lipinski definition) is 5. The minimum atomic E-state index is -4.50. The maximum atomic E-state index is 12.8. The van der Waals surface area contributed by atoms with Crippen LogP contribution in [0.4, 0.5) is 18.9 Å². The first-order valence-electron chi connectivity index (χ1n) is 7.16. The van der Waals surface area contributed by atoms with Gasteiger partial charge in [0.15, 0.2) is 0 Å². The largest absolute Gasteiger partial charge is 0.401 e. The van der Waals surface area contributed by atoms with Crippen LogP contribution in [0.2, 0.25) is 0 Å². The molecule has 0 bridgehead atoms. The Hall–Kier alpha value is -2.69. The Balaban J connectivity index is 2.30. The Morgan fingerprint density at radius 1 is 1.36 bits per heavy atom. The van der Waals surface area contributed by atoms with E-state index in [9.17, 15) is 28.1 Å². The number of halogens is 3. The Morgan fingerprint density at radius 2 is 2.04 bits per heavy atom. The zero-order valence-electron chi connectivity index (χ0n) is 13.5. The summed E-state index contributed by atoms with van der Waals surface area (Å²) in [6.07, 6.45) is -3.10. The SMILES string of the molecule is CN(C)C(=O)CN(Cn1ncc2ccc([N+](=O)[O-])cc21)CC(F)(F)F. The Kier molecular flexibility index (Phi) is 5.26. The molecule has 1 aromatic heterocycles. The first-order valence-corrected chi connectivity index (χ1v) is 7.16. The lowest BCUT2D eigenvalue weighted by molar-refractivity contribution is -0.384. The van der Waals surface area contributed by atoms with Gasteiger partial charge in [-0.1, -0.05) is 0 Å². The molecular formula is C14H16F3N5O3. The van der Waals surface area contributed by atoms with Gasteiger partial charge in [-0.15, -0.1) is 0 Å². The number of hydrogen-bond donors (Lipinski definition) is 0. The van der Waals surface area contributed by atoms with Crippen molar-refractivity contribution in [3.63, 3.8) is 0 Å². The number of carbonyl (C=O) groups is 1. The highest BCUT2D eigenvalue weighted by atomic mass is 19.4. The number of nitro benzene ring substituents is 1.